The number of sulfonamides is 1. The quantitative estimate of drug-likeness (QED) is 0.625. The largest absolute Gasteiger partial charge is 0.483 e. The summed E-state index contributed by atoms with van der Waals surface area (Å²) in [5, 5.41) is 4.10. The van der Waals surface area contributed by atoms with E-state index in [0.29, 0.717) is 31.5 Å². The molecule has 2 fully saturated rings. The van der Waals surface area contributed by atoms with E-state index in [1.54, 1.807) is 0 Å². The second-order valence-corrected chi connectivity index (χ2v) is 9.78. The number of ether oxygens (including phenoxy) is 2. The molecule has 2 aliphatic heterocycles. The highest BCUT2D eigenvalue weighted by molar-refractivity contribution is 7.88. The molecule has 4 rings (SSSR count). The molecule has 9 nitrogen and oxygen atoms in total. The second-order valence-electron chi connectivity index (χ2n) is 7.80. The fourth-order valence-electron chi connectivity index (χ4n) is 3.85. The van der Waals surface area contributed by atoms with Gasteiger partial charge in [-0.2, -0.15) is 14.1 Å². The maximum Gasteiger partial charge on any atom is 0.316 e. The van der Waals surface area contributed by atoms with Crippen molar-refractivity contribution in [3.8, 4) is 11.4 Å². The van der Waals surface area contributed by atoms with Crippen LogP contribution in [0.1, 0.15) is 12.8 Å². The molecule has 0 bridgehead atoms. The van der Waals surface area contributed by atoms with Crippen molar-refractivity contribution in [2.75, 3.05) is 50.5 Å². The second kappa shape index (κ2) is 9.12. The van der Waals surface area contributed by atoms with Crippen molar-refractivity contribution >= 4 is 15.7 Å². The van der Waals surface area contributed by atoms with Gasteiger partial charge in [-0.05, 0) is 25.0 Å². The van der Waals surface area contributed by atoms with Gasteiger partial charge >= 0.3 is 5.56 Å². The van der Waals surface area contributed by atoms with Crippen molar-refractivity contribution < 1.29 is 26.7 Å². The number of anilines is 1. The van der Waals surface area contributed by atoms with Gasteiger partial charge < -0.3 is 14.4 Å². The highest BCUT2D eigenvalue weighted by atomic mass is 32.2. The van der Waals surface area contributed by atoms with E-state index in [9.17, 15) is 22.0 Å². The van der Waals surface area contributed by atoms with Crippen molar-refractivity contribution in [3.63, 3.8) is 0 Å². The molecule has 0 N–H and O–H groups in total. The summed E-state index contributed by atoms with van der Waals surface area (Å²) >= 11 is 0. The maximum absolute atomic E-state index is 13.7. The standard InChI is InChI=1S/C20H24F2N4O5S/c1-32(28,29)25-6-4-24(5-7-25)18-12-23-26(16-10-14(21)9-15(22)11-16)20(27)19(18)31-13-17-3-2-8-30-17/h9-12,17H,2-8,13H2,1H3. The van der Waals surface area contributed by atoms with Crippen molar-refractivity contribution in [1.29, 1.82) is 0 Å². The molecule has 1 unspecified atom stereocenters. The van der Waals surface area contributed by atoms with Gasteiger partial charge in [0.15, 0.2) is 0 Å². The molecule has 3 heterocycles. The lowest BCUT2D eigenvalue weighted by atomic mass is 10.2. The van der Waals surface area contributed by atoms with Crippen molar-refractivity contribution in [1.82, 2.24) is 14.1 Å². The average molecular weight is 470 g/mol. The number of halogens is 2. The first-order valence-electron chi connectivity index (χ1n) is 10.3. The van der Waals surface area contributed by atoms with Gasteiger partial charge in [0.1, 0.15) is 23.9 Å². The summed E-state index contributed by atoms with van der Waals surface area (Å²) in [5.74, 6) is -1.69. The first-order chi connectivity index (χ1) is 15.2. The van der Waals surface area contributed by atoms with E-state index in [4.69, 9.17) is 9.47 Å². The minimum absolute atomic E-state index is 0.0204. The molecular weight excluding hydrogens is 446 g/mol. The maximum atomic E-state index is 13.7. The van der Waals surface area contributed by atoms with Crippen LogP contribution in [0.2, 0.25) is 0 Å². The number of hydrogen-bond donors (Lipinski definition) is 0. The highest BCUT2D eigenvalue weighted by Crippen LogP contribution is 2.27. The summed E-state index contributed by atoms with van der Waals surface area (Å²) in [6, 6.07) is 2.72. The zero-order valence-corrected chi connectivity index (χ0v) is 18.4. The molecule has 1 atom stereocenters. The van der Waals surface area contributed by atoms with Gasteiger partial charge in [-0.3, -0.25) is 4.79 Å². The van der Waals surface area contributed by atoms with Crippen LogP contribution in [-0.2, 0) is 14.8 Å². The zero-order chi connectivity index (χ0) is 22.9. The topological polar surface area (TPSA) is 94.0 Å². The average Bonchev–Trinajstić information content (AvgIpc) is 3.25. The molecule has 2 aliphatic rings. The lowest BCUT2D eigenvalue weighted by Gasteiger charge is -2.35. The zero-order valence-electron chi connectivity index (χ0n) is 17.5. The van der Waals surface area contributed by atoms with Gasteiger partial charge in [-0.15, -0.1) is 0 Å². The molecule has 32 heavy (non-hydrogen) atoms. The Balaban J connectivity index is 1.67. The lowest BCUT2D eigenvalue weighted by molar-refractivity contribution is 0.0673. The number of rotatable bonds is 6. The van der Waals surface area contributed by atoms with E-state index in [-0.39, 0.29) is 37.2 Å². The number of nitrogens with zero attached hydrogens (tertiary/aromatic N) is 4. The third kappa shape index (κ3) is 4.92. The molecule has 2 saturated heterocycles. The Labute approximate surface area is 184 Å². The van der Waals surface area contributed by atoms with Crippen LogP contribution in [0.3, 0.4) is 0 Å². The van der Waals surface area contributed by atoms with E-state index < -0.39 is 27.2 Å². The van der Waals surface area contributed by atoms with Gasteiger partial charge in [-0.1, -0.05) is 0 Å². The van der Waals surface area contributed by atoms with Crippen LogP contribution >= 0.6 is 0 Å². The number of hydrogen-bond acceptors (Lipinski definition) is 7. The van der Waals surface area contributed by atoms with Crippen molar-refractivity contribution in [3.05, 3.63) is 46.4 Å². The Hall–Kier alpha value is -2.57. The number of piperazine rings is 1. The fourth-order valence-corrected chi connectivity index (χ4v) is 4.67. The molecule has 0 saturated carbocycles. The number of benzene rings is 1. The van der Waals surface area contributed by atoms with Crippen LogP contribution in [0.5, 0.6) is 5.75 Å². The van der Waals surface area contributed by atoms with Gasteiger partial charge in [0.05, 0.1) is 24.2 Å². The summed E-state index contributed by atoms with van der Waals surface area (Å²) < 4.78 is 64.7. The molecular formula is C20H24F2N4O5S. The third-order valence-corrected chi connectivity index (χ3v) is 6.80. The fraction of sp³-hybridized carbons (Fsp3) is 0.500. The Morgan fingerprint density at radius 1 is 1.16 bits per heavy atom. The predicted octanol–water partition coefficient (Wildman–Crippen LogP) is 1.15. The minimum atomic E-state index is -3.32. The Morgan fingerprint density at radius 3 is 2.44 bits per heavy atom. The molecule has 1 aromatic carbocycles. The SMILES string of the molecule is CS(=O)(=O)N1CCN(c2cnn(-c3cc(F)cc(F)c3)c(=O)c2OCC2CCCO2)CC1. The van der Waals surface area contributed by atoms with E-state index >= 15 is 0 Å². The molecule has 0 spiro atoms. The minimum Gasteiger partial charge on any atom is -0.483 e. The molecule has 1 aromatic heterocycles. The van der Waals surface area contributed by atoms with Crippen LogP contribution < -0.4 is 15.2 Å². The van der Waals surface area contributed by atoms with Crippen LogP contribution in [0.25, 0.3) is 5.69 Å². The normalized spacial score (nSPS) is 20.0. The third-order valence-electron chi connectivity index (χ3n) is 5.49. The van der Waals surface area contributed by atoms with Crippen molar-refractivity contribution in [2.24, 2.45) is 0 Å². The summed E-state index contributed by atoms with van der Waals surface area (Å²) in [6.07, 6.45) is 4.09. The summed E-state index contributed by atoms with van der Waals surface area (Å²) in [5.41, 5.74) is -0.340. The Bertz CT molecular complexity index is 1120. The van der Waals surface area contributed by atoms with Crippen LogP contribution in [0, 0.1) is 11.6 Å². The van der Waals surface area contributed by atoms with Gasteiger partial charge in [-0.25, -0.2) is 17.2 Å². The summed E-state index contributed by atoms with van der Waals surface area (Å²) in [6.45, 7) is 1.95. The molecule has 0 amide bonds. The smallest absolute Gasteiger partial charge is 0.316 e. The van der Waals surface area contributed by atoms with E-state index in [0.717, 1.165) is 35.9 Å². The molecule has 174 valence electrons. The first-order valence-corrected chi connectivity index (χ1v) is 12.1. The highest BCUT2D eigenvalue weighted by Gasteiger charge is 2.28. The van der Waals surface area contributed by atoms with Crippen LogP contribution in [-0.4, -0.2) is 74.3 Å². The van der Waals surface area contributed by atoms with Crippen LogP contribution in [0.15, 0.2) is 29.2 Å². The predicted molar refractivity (Wildman–Crippen MR) is 113 cm³/mol. The lowest BCUT2D eigenvalue weighted by Crippen LogP contribution is -2.48. The van der Waals surface area contributed by atoms with Gasteiger partial charge in [0.25, 0.3) is 0 Å². The molecule has 0 aliphatic carbocycles. The Kier molecular flexibility index (Phi) is 6.45. The molecule has 0 radical (unpaired) electrons. The van der Waals surface area contributed by atoms with Crippen LogP contribution in [0.4, 0.5) is 14.5 Å². The van der Waals surface area contributed by atoms with E-state index in [2.05, 4.69) is 5.10 Å². The first kappa shape index (κ1) is 22.6. The van der Waals surface area contributed by atoms with Crippen molar-refractivity contribution in [2.45, 2.75) is 18.9 Å². The van der Waals surface area contributed by atoms with Gasteiger partial charge in [0, 0.05) is 38.9 Å². The van der Waals surface area contributed by atoms with E-state index in [1.165, 1.54) is 10.5 Å². The molecule has 2 aromatic rings. The summed E-state index contributed by atoms with van der Waals surface area (Å²) in [7, 11) is -3.32. The molecule has 12 heteroatoms. The van der Waals surface area contributed by atoms with E-state index in [1.807, 2.05) is 4.90 Å². The summed E-state index contributed by atoms with van der Waals surface area (Å²) in [4.78, 5) is 15.1. The monoisotopic (exact) mass is 470 g/mol. The number of aromatic nitrogens is 2. The Morgan fingerprint density at radius 2 is 1.84 bits per heavy atom. The van der Waals surface area contributed by atoms with Gasteiger partial charge in [0.2, 0.25) is 15.8 Å².